The smallest absolute Gasteiger partial charge is 0.231 e. The maximum Gasteiger partial charge on any atom is 0.231 e. The highest BCUT2D eigenvalue weighted by atomic mass is 35.5. The molecule has 0 saturated heterocycles. The lowest BCUT2D eigenvalue weighted by molar-refractivity contribution is 0.0868. The van der Waals surface area contributed by atoms with E-state index >= 15 is 0 Å². The highest BCUT2D eigenvalue weighted by Gasteiger charge is 2.30. The third-order valence-corrected chi connectivity index (χ3v) is 3.31. The molecule has 1 heterocycles. The van der Waals surface area contributed by atoms with Crippen LogP contribution >= 0.6 is 11.6 Å². The minimum absolute atomic E-state index is 0.236. The number of halogens is 1. The van der Waals surface area contributed by atoms with E-state index in [1.807, 2.05) is 61.5 Å². The van der Waals surface area contributed by atoms with Crippen molar-refractivity contribution in [2.75, 3.05) is 4.90 Å². The van der Waals surface area contributed by atoms with E-state index in [0.29, 0.717) is 5.02 Å². The van der Waals surface area contributed by atoms with Gasteiger partial charge in [-0.15, -0.1) is 0 Å². The summed E-state index contributed by atoms with van der Waals surface area (Å²) in [6.45, 7) is 1.93. The normalized spacial score (nSPS) is 18.1. The van der Waals surface area contributed by atoms with E-state index < -0.39 is 0 Å². The lowest BCUT2D eigenvalue weighted by Gasteiger charge is -2.24. The number of para-hydroxylation sites is 1. The molecular weight excluding hydrogens is 260 g/mol. The number of anilines is 1. The predicted molar refractivity (Wildman–Crippen MR) is 77.3 cm³/mol. The Morgan fingerprint density at radius 1 is 1.05 bits per heavy atom. The van der Waals surface area contributed by atoms with Crippen LogP contribution in [-0.2, 0) is 4.84 Å². The van der Waals surface area contributed by atoms with Crippen LogP contribution in [0.25, 0.3) is 0 Å². The van der Waals surface area contributed by atoms with Crippen LogP contribution in [0.3, 0.4) is 0 Å². The number of hydrogen-bond acceptors (Lipinski definition) is 3. The van der Waals surface area contributed by atoms with Crippen LogP contribution < -0.4 is 4.90 Å². The lowest BCUT2D eigenvalue weighted by atomic mass is 10.1. The summed E-state index contributed by atoms with van der Waals surface area (Å²) in [7, 11) is 0. The van der Waals surface area contributed by atoms with Gasteiger partial charge in [-0.25, -0.2) is 0 Å². The Labute approximate surface area is 117 Å². The zero-order chi connectivity index (χ0) is 13.2. The van der Waals surface area contributed by atoms with E-state index in [1.54, 1.807) is 0 Å². The molecule has 0 amide bonds. The summed E-state index contributed by atoms with van der Waals surface area (Å²) >= 11 is 5.92. The van der Waals surface area contributed by atoms with Gasteiger partial charge in [0.25, 0.3) is 0 Å². The fourth-order valence-electron chi connectivity index (χ4n) is 2.14. The third-order valence-electron chi connectivity index (χ3n) is 3.06. The van der Waals surface area contributed by atoms with E-state index in [9.17, 15) is 0 Å². The number of hydrogen-bond donors (Lipinski definition) is 0. The molecule has 0 bridgehead atoms. The van der Waals surface area contributed by atoms with Crippen molar-refractivity contribution in [3.63, 3.8) is 0 Å². The van der Waals surface area contributed by atoms with Crippen LogP contribution in [-0.4, -0.2) is 5.84 Å². The first kappa shape index (κ1) is 12.1. The van der Waals surface area contributed by atoms with Crippen LogP contribution in [0.1, 0.15) is 18.7 Å². The molecule has 96 valence electrons. The van der Waals surface area contributed by atoms with Gasteiger partial charge in [0.05, 0.1) is 0 Å². The first-order chi connectivity index (χ1) is 9.25. The van der Waals surface area contributed by atoms with Crippen molar-refractivity contribution < 1.29 is 4.84 Å². The summed E-state index contributed by atoms with van der Waals surface area (Å²) in [5.74, 6) is 0.839. The molecule has 0 aliphatic carbocycles. The molecule has 19 heavy (non-hydrogen) atoms. The maximum absolute atomic E-state index is 5.92. The second-order valence-electron chi connectivity index (χ2n) is 4.35. The Morgan fingerprint density at radius 2 is 1.74 bits per heavy atom. The zero-order valence-corrected chi connectivity index (χ0v) is 11.2. The molecular formula is C15H13ClN2O. The first-order valence-electron chi connectivity index (χ1n) is 6.06. The van der Waals surface area contributed by atoms with Gasteiger partial charge in [0.15, 0.2) is 0 Å². The molecule has 0 saturated carbocycles. The van der Waals surface area contributed by atoms with Gasteiger partial charge >= 0.3 is 0 Å². The van der Waals surface area contributed by atoms with Crippen molar-refractivity contribution in [2.24, 2.45) is 5.16 Å². The van der Waals surface area contributed by atoms with Crippen LogP contribution in [0.5, 0.6) is 0 Å². The topological polar surface area (TPSA) is 24.8 Å². The second-order valence-corrected chi connectivity index (χ2v) is 4.79. The van der Waals surface area contributed by atoms with Crippen molar-refractivity contribution >= 4 is 23.1 Å². The fourth-order valence-corrected chi connectivity index (χ4v) is 2.26. The number of rotatable bonds is 2. The predicted octanol–water partition coefficient (Wildman–Crippen LogP) is 4.21. The van der Waals surface area contributed by atoms with Gasteiger partial charge in [0.1, 0.15) is 5.84 Å². The number of oxime groups is 1. The van der Waals surface area contributed by atoms with Crippen LogP contribution in [0.15, 0.2) is 59.8 Å². The van der Waals surface area contributed by atoms with Crippen molar-refractivity contribution in [1.29, 1.82) is 0 Å². The first-order valence-corrected chi connectivity index (χ1v) is 6.43. The Bertz CT molecular complexity index is 595. The third kappa shape index (κ3) is 2.29. The van der Waals surface area contributed by atoms with Crippen molar-refractivity contribution in [3.05, 3.63) is 65.2 Å². The van der Waals surface area contributed by atoms with Gasteiger partial charge in [-0.3, -0.25) is 4.90 Å². The second kappa shape index (κ2) is 4.94. The van der Waals surface area contributed by atoms with Crippen molar-refractivity contribution in [1.82, 2.24) is 0 Å². The molecule has 1 aliphatic heterocycles. The molecule has 0 spiro atoms. The Kier molecular flexibility index (Phi) is 3.13. The van der Waals surface area contributed by atoms with Gasteiger partial charge in [0.2, 0.25) is 6.23 Å². The van der Waals surface area contributed by atoms with Gasteiger partial charge < -0.3 is 4.84 Å². The van der Waals surface area contributed by atoms with Gasteiger partial charge in [-0.2, -0.15) is 0 Å². The average molecular weight is 273 g/mol. The molecule has 0 aromatic heterocycles. The van der Waals surface area contributed by atoms with Gasteiger partial charge in [-0.1, -0.05) is 47.1 Å². The minimum atomic E-state index is -0.236. The fraction of sp³-hybridized carbons (Fsp3) is 0.133. The molecule has 0 fully saturated rings. The molecule has 2 aromatic carbocycles. The summed E-state index contributed by atoms with van der Waals surface area (Å²) < 4.78 is 0. The summed E-state index contributed by atoms with van der Waals surface area (Å²) in [6, 6.07) is 17.7. The number of amidine groups is 1. The SMILES string of the molecule is CC1=NOC(c2ccc(Cl)cc2)N1c1ccccc1. The van der Waals surface area contributed by atoms with E-state index in [1.165, 1.54) is 0 Å². The van der Waals surface area contributed by atoms with E-state index in [2.05, 4.69) is 10.1 Å². The summed E-state index contributed by atoms with van der Waals surface area (Å²) in [6.07, 6.45) is -0.236. The zero-order valence-electron chi connectivity index (χ0n) is 10.5. The van der Waals surface area contributed by atoms with Gasteiger partial charge in [-0.05, 0) is 31.2 Å². The maximum atomic E-state index is 5.92. The number of benzene rings is 2. The quantitative estimate of drug-likeness (QED) is 0.818. The van der Waals surface area contributed by atoms with Crippen molar-refractivity contribution in [2.45, 2.75) is 13.2 Å². The molecule has 0 N–H and O–H groups in total. The van der Waals surface area contributed by atoms with E-state index in [4.69, 9.17) is 16.4 Å². The highest BCUT2D eigenvalue weighted by molar-refractivity contribution is 6.30. The lowest BCUT2D eigenvalue weighted by Crippen LogP contribution is -2.28. The minimum Gasteiger partial charge on any atom is -0.363 e. The summed E-state index contributed by atoms with van der Waals surface area (Å²) in [5, 5.41) is 4.80. The highest BCUT2D eigenvalue weighted by Crippen LogP contribution is 2.33. The Balaban J connectivity index is 1.96. The van der Waals surface area contributed by atoms with Crippen LogP contribution in [0, 0.1) is 0 Å². The molecule has 2 aromatic rings. The van der Waals surface area contributed by atoms with E-state index in [0.717, 1.165) is 17.1 Å². The molecule has 3 rings (SSSR count). The molecule has 3 nitrogen and oxygen atoms in total. The van der Waals surface area contributed by atoms with Crippen LogP contribution in [0.4, 0.5) is 5.69 Å². The molecule has 4 heteroatoms. The monoisotopic (exact) mass is 272 g/mol. The molecule has 1 aliphatic rings. The van der Waals surface area contributed by atoms with Gasteiger partial charge in [0, 0.05) is 16.3 Å². The molecule has 0 radical (unpaired) electrons. The summed E-state index contributed by atoms with van der Waals surface area (Å²) in [4.78, 5) is 7.59. The molecule has 1 unspecified atom stereocenters. The Hall–Kier alpha value is -2.00. The van der Waals surface area contributed by atoms with Crippen molar-refractivity contribution in [3.8, 4) is 0 Å². The largest absolute Gasteiger partial charge is 0.363 e. The van der Waals surface area contributed by atoms with Crippen LogP contribution in [0.2, 0.25) is 5.02 Å². The number of nitrogens with zero attached hydrogens (tertiary/aromatic N) is 2. The standard InChI is InChI=1S/C15H13ClN2O/c1-11-17-19-15(12-7-9-13(16)10-8-12)18(11)14-5-3-2-4-6-14/h2-10,15H,1H3. The van der Waals surface area contributed by atoms with E-state index in [-0.39, 0.29) is 6.23 Å². The Morgan fingerprint density at radius 3 is 2.42 bits per heavy atom. The average Bonchev–Trinajstić information content (AvgIpc) is 2.82. The molecule has 1 atom stereocenters. The summed E-state index contributed by atoms with van der Waals surface area (Å²) in [5.41, 5.74) is 2.08.